The van der Waals surface area contributed by atoms with Gasteiger partial charge in [-0.3, -0.25) is 13.9 Å². The molecule has 232 valence electrons. The molecule has 3 aromatic rings. The summed E-state index contributed by atoms with van der Waals surface area (Å²) in [5.41, 5.74) is 2.17. The molecule has 0 saturated heterocycles. The van der Waals surface area contributed by atoms with E-state index in [0.29, 0.717) is 21.3 Å². The third-order valence-electron chi connectivity index (χ3n) is 6.81. The number of carbonyl (C=O) groups excluding carboxylic acids is 2. The summed E-state index contributed by atoms with van der Waals surface area (Å²) >= 11 is 12.5. The van der Waals surface area contributed by atoms with Crippen LogP contribution in [0.1, 0.15) is 58.2 Å². The second kappa shape index (κ2) is 13.7. The number of sulfonamides is 1. The van der Waals surface area contributed by atoms with Crippen LogP contribution >= 0.6 is 23.2 Å². The Morgan fingerprint density at radius 1 is 0.837 bits per heavy atom. The van der Waals surface area contributed by atoms with Gasteiger partial charge in [-0.15, -0.1) is 0 Å². The molecule has 3 aromatic carbocycles. The molecule has 10 heteroatoms. The molecule has 1 N–H and O–H groups in total. The van der Waals surface area contributed by atoms with E-state index in [2.05, 4.69) is 26.1 Å². The van der Waals surface area contributed by atoms with Gasteiger partial charge in [0.05, 0.1) is 22.0 Å². The highest BCUT2D eigenvalue weighted by Crippen LogP contribution is 2.27. The fraction of sp³-hybridized carbons (Fsp3) is 0.394. The normalized spacial score (nSPS) is 12.9. The zero-order chi connectivity index (χ0) is 32.2. The number of halogens is 2. The molecule has 0 aromatic heterocycles. The van der Waals surface area contributed by atoms with Gasteiger partial charge in [0.2, 0.25) is 21.8 Å². The number of hydrogen-bond acceptors (Lipinski definition) is 4. The summed E-state index contributed by atoms with van der Waals surface area (Å²) in [6.07, 6.45) is 1.28. The Balaban J connectivity index is 2.09. The van der Waals surface area contributed by atoms with E-state index in [1.807, 2.05) is 63.2 Å². The van der Waals surface area contributed by atoms with E-state index in [1.54, 1.807) is 30.3 Å². The SMILES string of the molecule is CC(C)(C)NC(=O)[C@@H](Cc1ccccc1)N(Cc1ccc(Cl)c(Cl)c1)C(=O)CN(c1ccc(C(C)(C)C)cc1)S(C)(=O)=O. The van der Waals surface area contributed by atoms with Gasteiger partial charge in [0.1, 0.15) is 12.6 Å². The van der Waals surface area contributed by atoms with Gasteiger partial charge in [0.25, 0.3) is 0 Å². The van der Waals surface area contributed by atoms with Crippen molar-refractivity contribution in [2.24, 2.45) is 0 Å². The molecule has 0 radical (unpaired) electrons. The van der Waals surface area contributed by atoms with Gasteiger partial charge in [-0.05, 0) is 67.1 Å². The molecular weight excluding hydrogens is 605 g/mol. The van der Waals surface area contributed by atoms with Crippen LogP contribution in [-0.2, 0) is 38.0 Å². The summed E-state index contributed by atoms with van der Waals surface area (Å²) in [5.74, 6) is -0.897. The Morgan fingerprint density at radius 3 is 1.95 bits per heavy atom. The Kier molecular flexibility index (Phi) is 11.0. The minimum Gasteiger partial charge on any atom is -0.350 e. The minimum atomic E-state index is -3.87. The molecular formula is C33H41Cl2N3O4S. The van der Waals surface area contributed by atoms with Crippen molar-refractivity contribution in [3.8, 4) is 0 Å². The molecule has 1 atom stereocenters. The fourth-order valence-electron chi connectivity index (χ4n) is 4.58. The average molecular weight is 647 g/mol. The first-order valence-electron chi connectivity index (χ1n) is 14.0. The van der Waals surface area contributed by atoms with Crippen molar-refractivity contribution >= 4 is 50.7 Å². The fourth-order valence-corrected chi connectivity index (χ4v) is 5.75. The number of benzene rings is 3. The summed E-state index contributed by atoms with van der Waals surface area (Å²) in [6.45, 7) is 11.3. The molecule has 0 unspecified atom stereocenters. The van der Waals surface area contributed by atoms with Crippen LogP contribution < -0.4 is 9.62 Å². The van der Waals surface area contributed by atoms with Crippen LogP contribution in [0.3, 0.4) is 0 Å². The predicted octanol–water partition coefficient (Wildman–Crippen LogP) is 6.61. The second-order valence-electron chi connectivity index (χ2n) is 12.8. The van der Waals surface area contributed by atoms with E-state index in [-0.39, 0.29) is 24.3 Å². The zero-order valence-corrected chi connectivity index (χ0v) is 28.1. The highest BCUT2D eigenvalue weighted by molar-refractivity contribution is 7.92. The van der Waals surface area contributed by atoms with Crippen molar-refractivity contribution in [1.82, 2.24) is 10.2 Å². The summed E-state index contributed by atoms with van der Waals surface area (Å²) in [6, 6.07) is 20.6. The molecule has 3 rings (SSSR count). The molecule has 43 heavy (non-hydrogen) atoms. The molecule has 2 amide bonds. The first kappa shape index (κ1) is 34.4. The van der Waals surface area contributed by atoms with Crippen LogP contribution in [0, 0.1) is 0 Å². The standard InChI is InChI=1S/C33H41Cl2N3O4S/c1-32(2,3)25-14-16-26(17-15-25)38(43(7,41)42)22-30(39)37(21-24-13-18-27(34)28(35)19-24)29(31(40)36-33(4,5)6)20-23-11-9-8-10-12-23/h8-19,29H,20-22H2,1-7H3,(H,36,40)/t29-/m1/s1. The van der Waals surface area contributed by atoms with Gasteiger partial charge in [-0.1, -0.05) is 92.5 Å². The second-order valence-corrected chi connectivity index (χ2v) is 15.5. The number of carbonyl (C=O) groups is 2. The molecule has 0 aliphatic rings. The molecule has 0 saturated carbocycles. The van der Waals surface area contributed by atoms with E-state index in [1.165, 1.54) is 4.90 Å². The van der Waals surface area contributed by atoms with Gasteiger partial charge < -0.3 is 10.2 Å². The van der Waals surface area contributed by atoms with E-state index in [9.17, 15) is 18.0 Å². The maximum absolute atomic E-state index is 14.2. The zero-order valence-electron chi connectivity index (χ0n) is 25.8. The van der Waals surface area contributed by atoms with Crippen LogP contribution in [0.4, 0.5) is 5.69 Å². The van der Waals surface area contributed by atoms with E-state index in [4.69, 9.17) is 23.2 Å². The Morgan fingerprint density at radius 2 is 1.44 bits per heavy atom. The summed E-state index contributed by atoms with van der Waals surface area (Å²) in [5, 5.41) is 3.67. The highest BCUT2D eigenvalue weighted by Gasteiger charge is 2.34. The maximum atomic E-state index is 14.2. The van der Waals surface area contributed by atoms with Gasteiger partial charge >= 0.3 is 0 Å². The Labute approximate surface area is 266 Å². The maximum Gasteiger partial charge on any atom is 0.244 e. The lowest BCUT2D eigenvalue weighted by Crippen LogP contribution is -2.56. The predicted molar refractivity (Wildman–Crippen MR) is 176 cm³/mol. The van der Waals surface area contributed by atoms with Crippen molar-refractivity contribution < 1.29 is 18.0 Å². The molecule has 0 heterocycles. The quantitative estimate of drug-likeness (QED) is 0.269. The Hall–Kier alpha value is -3.07. The minimum absolute atomic E-state index is 0.00531. The first-order chi connectivity index (χ1) is 19.8. The number of hydrogen-bond donors (Lipinski definition) is 1. The van der Waals surface area contributed by atoms with Gasteiger partial charge in [0.15, 0.2) is 0 Å². The monoisotopic (exact) mass is 645 g/mol. The molecule has 0 bridgehead atoms. The molecule has 0 aliphatic carbocycles. The number of amides is 2. The lowest BCUT2D eigenvalue weighted by Gasteiger charge is -2.35. The van der Waals surface area contributed by atoms with Crippen LogP contribution in [0.25, 0.3) is 0 Å². The lowest BCUT2D eigenvalue weighted by atomic mass is 9.87. The number of anilines is 1. The summed E-state index contributed by atoms with van der Waals surface area (Å²) < 4.78 is 27.2. The highest BCUT2D eigenvalue weighted by atomic mass is 35.5. The van der Waals surface area contributed by atoms with Gasteiger partial charge in [-0.2, -0.15) is 0 Å². The largest absolute Gasteiger partial charge is 0.350 e. The number of nitrogens with zero attached hydrogens (tertiary/aromatic N) is 2. The molecule has 7 nitrogen and oxygen atoms in total. The average Bonchev–Trinajstić information content (AvgIpc) is 2.89. The van der Waals surface area contributed by atoms with E-state index in [0.717, 1.165) is 21.7 Å². The van der Waals surface area contributed by atoms with Crippen molar-refractivity contribution in [3.63, 3.8) is 0 Å². The summed E-state index contributed by atoms with van der Waals surface area (Å²) in [7, 11) is -3.87. The van der Waals surface area contributed by atoms with Crippen LogP contribution in [-0.4, -0.2) is 49.5 Å². The third-order valence-corrected chi connectivity index (χ3v) is 8.69. The van der Waals surface area contributed by atoms with Crippen molar-refractivity contribution in [2.75, 3.05) is 17.1 Å². The number of nitrogens with one attached hydrogen (secondary N) is 1. The topological polar surface area (TPSA) is 86.8 Å². The van der Waals surface area contributed by atoms with Crippen molar-refractivity contribution in [2.45, 2.75) is 71.5 Å². The van der Waals surface area contributed by atoms with Crippen LogP contribution in [0.5, 0.6) is 0 Å². The van der Waals surface area contributed by atoms with E-state index >= 15 is 0 Å². The van der Waals surface area contributed by atoms with E-state index < -0.39 is 34.1 Å². The van der Waals surface area contributed by atoms with Gasteiger partial charge in [0, 0.05) is 18.5 Å². The third kappa shape index (κ3) is 9.98. The van der Waals surface area contributed by atoms with Crippen LogP contribution in [0.15, 0.2) is 72.8 Å². The summed E-state index contributed by atoms with van der Waals surface area (Å²) in [4.78, 5) is 29.5. The van der Waals surface area contributed by atoms with Crippen LogP contribution in [0.2, 0.25) is 10.0 Å². The van der Waals surface area contributed by atoms with Gasteiger partial charge in [-0.25, -0.2) is 8.42 Å². The molecule has 0 spiro atoms. The number of rotatable bonds is 10. The molecule has 0 aliphatic heterocycles. The lowest BCUT2D eigenvalue weighted by molar-refractivity contribution is -0.140. The Bertz CT molecular complexity index is 1530. The first-order valence-corrected chi connectivity index (χ1v) is 16.6. The molecule has 0 fully saturated rings. The smallest absolute Gasteiger partial charge is 0.244 e. The van der Waals surface area contributed by atoms with Crippen molar-refractivity contribution in [1.29, 1.82) is 0 Å². The van der Waals surface area contributed by atoms with Crippen molar-refractivity contribution in [3.05, 3.63) is 99.5 Å².